The highest BCUT2D eigenvalue weighted by Crippen LogP contribution is 2.43. The third kappa shape index (κ3) is 3.26. The minimum atomic E-state index is -0.214. The second kappa shape index (κ2) is 7.14. The Kier molecular flexibility index (Phi) is 4.56. The molecule has 1 aliphatic heterocycles. The molecule has 1 aliphatic rings. The number of anilines is 2. The number of hydrogen-bond donors (Lipinski definition) is 1. The Morgan fingerprint density at radius 2 is 1.97 bits per heavy atom. The van der Waals surface area contributed by atoms with Gasteiger partial charge in [0.25, 0.3) is 0 Å². The average Bonchev–Trinajstić information content (AvgIpc) is 3.11. The van der Waals surface area contributed by atoms with Crippen molar-refractivity contribution in [2.75, 3.05) is 24.3 Å². The van der Waals surface area contributed by atoms with Crippen molar-refractivity contribution in [3.8, 4) is 0 Å². The molecule has 0 spiro atoms. The maximum atomic E-state index is 6.12. The fourth-order valence-corrected chi connectivity index (χ4v) is 5.09. The Bertz CT molecular complexity index is 1240. The van der Waals surface area contributed by atoms with Crippen molar-refractivity contribution in [1.82, 2.24) is 19.9 Å². The van der Waals surface area contributed by atoms with Crippen LogP contribution in [0.4, 0.5) is 11.6 Å². The van der Waals surface area contributed by atoms with Gasteiger partial charge >= 0.3 is 0 Å². The predicted octanol–water partition coefficient (Wildman–Crippen LogP) is 4.16. The standard InChI is InChI=1S/C22H24N6OS/c1-22(2)9-14-15(11-29-22)20(28(3)4)27-21-16(14)17-18(30-21)19(26-12-25-17)24-10-13-5-7-23-8-6-13/h5-8,12H,9-11H2,1-4H3,(H,24,25,26). The highest BCUT2D eigenvalue weighted by atomic mass is 32.1. The maximum Gasteiger partial charge on any atom is 0.147 e. The molecule has 4 aromatic rings. The predicted molar refractivity (Wildman–Crippen MR) is 121 cm³/mol. The van der Waals surface area contributed by atoms with Crippen molar-refractivity contribution >= 4 is 43.4 Å². The normalized spacial score (nSPS) is 15.3. The van der Waals surface area contributed by atoms with E-state index >= 15 is 0 Å². The minimum absolute atomic E-state index is 0.214. The second-order valence-corrected chi connectivity index (χ2v) is 9.40. The van der Waals surface area contributed by atoms with Crippen LogP contribution in [0.25, 0.3) is 20.4 Å². The van der Waals surface area contributed by atoms with Gasteiger partial charge in [0, 0.05) is 50.4 Å². The van der Waals surface area contributed by atoms with E-state index in [4.69, 9.17) is 9.72 Å². The van der Waals surface area contributed by atoms with Crippen molar-refractivity contribution in [2.45, 2.75) is 39.0 Å². The molecule has 0 atom stereocenters. The summed E-state index contributed by atoms with van der Waals surface area (Å²) in [7, 11) is 4.06. The van der Waals surface area contributed by atoms with Gasteiger partial charge in [-0.1, -0.05) is 0 Å². The summed E-state index contributed by atoms with van der Waals surface area (Å²) in [4.78, 5) is 21.3. The number of rotatable bonds is 4. The van der Waals surface area contributed by atoms with Crippen molar-refractivity contribution in [3.63, 3.8) is 0 Å². The van der Waals surface area contributed by atoms with E-state index in [9.17, 15) is 0 Å². The van der Waals surface area contributed by atoms with Crippen molar-refractivity contribution in [1.29, 1.82) is 0 Å². The summed E-state index contributed by atoms with van der Waals surface area (Å²) in [5.41, 5.74) is 4.37. The lowest BCUT2D eigenvalue weighted by molar-refractivity contribution is -0.0395. The van der Waals surface area contributed by atoms with Gasteiger partial charge < -0.3 is 15.0 Å². The van der Waals surface area contributed by atoms with Crippen LogP contribution in [-0.4, -0.2) is 39.6 Å². The lowest BCUT2D eigenvalue weighted by atomic mass is 9.90. The van der Waals surface area contributed by atoms with E-state index in [-0.39, 0.29) is 5.60 Å². The maximum absolute atomic E-state index is 6.12. The molecular formula is C22H24N6OS. The number of ether oxygens (including phenoxy) is 1. The van der Waals surface area contributed by atoms with Crippen LogP contribution in [0.1, 0.15) is 30.5 Å². The molecular weight excluding hydrogens is 396 g/mol. The van der Waals surface area contributed by atoms with Gasteiger partial charge in [0.1, 0.15) is 22.8 Å². The van der Waals surface area contributed by atoms with Crippen LogP contribution in [0, 0.1) is 0 Å². The molecule has 8 heteroatoms. The van der Waals surface area contributed by atoms with Crippen LogP contribution in [0.15, 0.2) is 30.9 Å². The Hall–Kier alpha value is -2.84. The summed E-state index contributed by atoms with van der Waals surface area (Å²) in [6, 6.07) is 4.00. The number of hydrogen-bond acceptors (Lipinski definition) is 8. The van der Waals surface area contributed by atoms with E-state index in [0.29, 0.717) is 13.2 Å². The van der Waals surface area contributed by atoms with Crippen LogP contribution in [-0.2, 0) is 24.3 Å². The smallest absolute Gasteiger partial charge is 0.147 e. The Labute approximate surface area is 179 Å². The van der Waals surface area contributed by atoms with Gasteiger partial charge in [-0.05, 0) is 37.1 Å². The molecule has 0 aliphatic carbocycles. The van der Waals surface area contributed by atoms with Gasteiger partial charge in [-0.25, -0.2) is 15.0 Å². The molecule has 0 radical (unpaired) electrons. The summed E-state index contributed by atoms with van der Waals surface area (Å²) < 4.78 is 7.16. The molecule has 0 fully saturated rings. The quantitative estimate of drug-likeness (QED) is 0.531. The number of aromatic nitrogens is 4. The minimum Gasteiger partial charge on any atom is -0.370 e. The van der Waals surface area contributed by atoms with E-state index in [2.05, 4.69) is 39.0 Å². The molecule has 0 saturated heterocycles. The van der Waals surface area contributed by atoms with Gasteiger partial charge in [0.2, 0.25) is 0 Å². The van der Waals surface area contributed by atoms with Gasteiger partial charge in [-0.2, -0.15) is 0 Å². The first-order chi connectivity index (χ1) is 14.4. The number of fused-ring (bicyclic) bond motifs is 5. The molecule has 0 aromatic carbocycles. The molecule has 154 valence electrons. The average molecular weight is 421 g/mol. The monoisotopic (exact) mass is 420 g/mol. The molecule has 7 nitrogen and oxygen atoms in total. The number of pyridine rings is 2. The van der Waals surface area contributed by atoms with Crippen molar-refractivity contribution in [2.24, 2.45) is 0 Å². The zero-order valence-electron chi connectivity index (χ0n) is 17.6. The third-order valence-corrected chi connectivity index (χ3v) is 6.52. The first-order valence-corrected chi connectivity index (χ1v) is 10.8. The van der Waals surface area contributed by atoms with E-state index in [1.54, 1.807) is 30.1 Å². The molecule has 0 unspecified atom stereocenters. The van der Waals surface area contributed by atoms with E-state index in [1.807, 2.05) is 26.2 Å². The van der Waals surface area contributed by atoms with Crippen molar-refractivity contribution < 1.29 is 4.74 Å². The van der Waals surface area contributed by atoms with Gasteiger partial charge in [0.15, 0.2) is 0 Å². The molecule has 30 heavy (non-hydrogen) atoms. The topological polar surface area (TPSA) is 76.1 Å². The highest BCUT2D eigenvalue weighted by molar-refractivity contribution is 7.26. The number of nitrogens with one attached hydrogen (secondary N) is 1. The Morgan fingerprint density at radius 1 is 1.17 bits per heavy atom. The summed E-state index contributed by atoms with van der Waals surface area (Å²) in [5.74, 6) is 1.81. The summed E-state index contributed by atoms with van der Waals surface area (Å²) >= 11 is 1.65. The van der Waals surface area contributed by atoms with Crippen LogP contribution < -0.4 is 10.2 Å². The fourth-order valence-electron chi connectivity index (χ4n) is 3.97. The number of nitrogens with zero attached hydrogens (tertiary/aromatic N) is 5. The first kappa shape index (κ1) is 19.1. The lowest BCUT2D eigenvalue weighted by Crippen LogP contribution is -2.33. The largest absolute Gasteiger partial charge is 0.370 e. The van der Waals surface area contributed by atoms with Gasteiger partial charge in [-0.3, -0.25) is 4.98 Å². The van der Waals surface area contributed by atoms with Gasteiger partial charge in [-0.15, -0.1) is 11.3 Å². The molecule has 5 heterocycles. The molecule has 0 amide bonds. The summed E-state index contributed by atoms with van der Waals surface area (Å²) in [6.45, 7) is 5.53. The Balaban J connectivity index is 1.67. The second-order valence-electron chi connectivity index (χ2n) is 8.40. The number of thiophene rings is 1. The first-order valence-electron chi connectivity index (χ1n) is 9.96. The molecule has 0 bridgehead atoms. The zero-order chi connectivity index (χ0) is 20.9. The van der Waals surface area contributed by atoms with Crippen molar-refractivity contribution in [3.05, 3.63) is 47.5 Å². The van der Waals surface area contributed by atoms with E-state index in [1.165, 1.54) is 5.56 Å². The van der Waals surface area contributed by atoms with E-state index in [0.717, 1.165) is 49.6 Å². The van der Waals surface area contributed by atoms with Crippen LogP contribution >= 0.6 is 11.3 Å². The zero-order valence-corrected chi connectivity index (χ0v) is 18.4. The molecule has 4 aromatic heterocycles. The molecule has 1 N–H and O–H groups in total. The van der Waals surface area contributed by atoms with Crippen LogP contribution in [0.2, 0.25) is 0 Å². The van der Waals surface area contributed by atoms with Crippen LogP contribution in [0.3, 0.4) is 0 Å². The van der Waals surface area contributed by atoms with E-state index < -0.39 is 0 Å². The molecule has 0 saturated carbocycles. The highest BCUT2D eigenvalue weighted by Gasteiger charge is 2.32. The fraction of sp³-hybridized carbons (Fsp3) is 0.364. The van der Waals surface area contributed by atoms with Crippen LogP contribution in [0.5, 0.6) is 0 Å². The Morgan fingerprint density at radius 3 is 2.73 bits per heavy atom. The summed E-state index contributed by atoms with van der Waals surface area (Å²) in [5, 5.41) is 4.61. The van der Waals surface area contributed by atoms with Gasteiger partial charge in [0.05, 0.1) is 22.4 Å². The third-order valence-electron chi connectivity index (χ3n) is 5.44. The summed E-state index contributed by atoms with van der Waals surface area (Å²) in [6.07, 6.45) is 6.07. The lowest BCUT2D eigenvalue weighted by Gasteiger charge is -2.34. The SMILES string of the molecule is CN(C)c1nc2sc3c(NCc4ccncc4)ncnc3c2c2c1COC(C)(C)C2. The molecule has 5 rings (SSSR count).